The zero-order chi connectivity index (χ0) is 20.5. The molecule has 0 radical (unpaired) electrons. The number of aromatic nitrogens is 2. The molecule has 7 heteroatoms. The van der Waals surface area contributed by atoms with Gasteiger partial charge in [-0.2, -0.15) is 5.10 Å². The summed E-state index contributed by atoms with van der Waals surface area (Å²) >= 11 is 1.60. The number of nitrogens with one attached hydrogen (secondary N) is 1. The minimum absolute atomic E-state index is 0.0386. The maximum absolute atomic E-state index is 12.8. The number of fused-ring (bicyclic) bond motifs is 1. The van der Waals surface area contributed by atoms with E-state index in [2.05, 4.69) is 5.32 Å². The Morgan fingerprint density at radius 2 is 1.79 bits per heavy atom. The van der Waals surface area contributed by atoms with E-state index in [0.717, 1.165) is 34.0 Å². The Morgan fingerprint density at radius 1 is 1.07 bits per heavy atom. The minimum Gasteiger partial charge on any atom is -0.497 e. The second-order valence-corrected chi connectivity index (χ2v) is 8.30. The van der Waals surface area contributed by atoms with Gasteiger partial charge >= 0.3 is 0 Å². The third kappa shape index (κ3) is 3.46. The van der Waals surface area contributed by atoms with E-state index in [9.17, 15) is 4.79 Å². The molecule has 6 nitrogen and oxygen atoms in total. The molecular formula is C22H23N3O3S. The van der Waals surface area contributed by atoms with E-state index in [-0.39, 0.29) is 16.4 Å². The van der Waals surface area contributed by atoms with Gasteiger partial charge in [-0.05, 0) is 44.2 Å². The van der Waals surface area contributed by atoms with Crippen molar-refractivity contribution >= 4 is 23.5 Å². The lowest BCUT2D eigenvalue weighted by Gasteiger charge is -2.19. The van der Waals surface area contributed by atoms with Gasteiger partial charge in [0.2, 0.25) is 5.91 Å². The number of ether oxygens (including phenoxy) is 2. The van der Waals surface area contributed by atoms with Gasteiger partial charge in [0, 0.05) is 11.1 Å². The van der Waals surface area contributed by atoms with E-state index in [1.54, 1.807) is 30.7 Å². The van der Waals surface area contributed by atoms with Gasteiger partial charge in [0.15, 0.2) is 0 Å². The molecule has 0 spiro atoms. The van der Waals surface area contributed by atoms with Crippen molar-refractivity contribution in [3.8, 4) is 17.2 Å². The van der Waals surface area contributed by atoms with E-state index >= 15 is 0 Å². The van der Waals surface area contributed by atoms with Crippen molar-refractivity contribution in [3.05, 3.63) is 65.4 Å². The van der Waals surface area contributed by atoms with Crippen LogP contribution in [0.15, 0.2) is 48.5 Å². The molecule has 2 unspecified atom stereocenters. The Morgan fingerprint density at radius 3 is 2.48 bits per heavy atom. The molecule has 1 amide bonds. The van der Waals surface area contributed by atoms with Crippen molar-refractivity contribution in [1.82, 2.24) is 9.78 Å². The van der Waals surface area contributed by atoms with Crippen LogP contribution in [0.5, 0.6) is 11.5 Å². The number of hydrogen-bond donors (Lipinski definition) is 1. The molecule has 2 heterocycles. The first kappa shape index (κ1) is 19.4. The Kier molecular flexibility index (Phi) is 5.24. The second kappa shape index (κ2) is 7.83. The summed E-state index contributed by atoms with van der Waals surface area (Å²) in [5, 5.41) is 7.55. The summed E-state index contributed by atoms with van der Waals surface area (Å²) in [6, 6.07) is 15.6. The fraction of sp³-hybridized carbons (Fsp3) is 0.273. The van der Waals surface area contributed by atoms with Crippen LogP contribution in [0.25, 0.3) is 5.69 Å². The molecule has 4 rings (SSSR count). The number of hydrogen-bond acceptors (Lipinski definition) is 5. The Hall–Kier alpha value is -2.93. The Balaban J connectivity index is 1.90. The van der Waals surface area contributed by atoms with Crippen molar-refractivity contribution < 1.29 is 14.3 Å². The first-order valence-corrected chi connectivity index (χ1v) is 10.3. The van der Waals surface area contributed by atoms with Crippen molar-refractivity contribution in [2.45, 2.75) is 24.3 Å². The summed E-state index contributed by atoms with van der Waals surface area (Å²) < 4.78 is 12.7. The molecule has 1 N–H and O–H groups in total. The monoisotopic (exact) mass is 409 g/mol. The summed E-state index contributed by atoms with van der Waals surface area (Å²) in [7, 11) is 3.30. The number of carbonyl (C=O) groups is 1. The van der Waals surface area contributed by atoms with Crippen LogP contribution in [0.2, 0.25) is 0 Å². The number of aryl methyl sites for hydroxylation is 1. The van der Waals surface area contributed by atoms with E-state index in [0.29, 0.717) is 5.82 Å². The molecule has 0 aliphatic carbocycles. The van der Waals surface area contributed by atoms with Crippen LogP contribution in [0.4, 0.5) is 5.82 Å². The first-order valence-electron chi connectivity index (χ1n) is 9.36. The predicted molar refractivity (Wildman–Crippen MR) is 115 cm³/mol. The standard InChI is InChI=1S/C22H23N3O3S/c1-13-19-20(17-7-5-6-8-18(17)28-4)29-14(2)22(26)23-21(19)25(24-13)15-9-11-16(27-3)12-10-15/h5-12,14,20H,1-4H3,(H,23,26). The third-order valence-electron chi connectivity index (χ3n) is 5.06. The normalized spacial score (nSPS) is 18.6. The Labute approximate surface area is 174 Å². The van der Waals surface area contributed by atoms with Crippen LogP contribution in [-0.4, -0.2) is 35.2 Å². The van der Waals surface area contributed by atoms with Crippen LogP contribution in [0.3, 0.4) is 0 Å². The molecule has 0 bridgehead atoms. The highest BCUT2D eigenvalue weighted by atomic mass is 32.2. The number of carbonyl (C=O) groups excluding carboxylic acids is 1. The zero-order valence-corrected chi connectivity index (χ0v) is 17.6. The fourth-order valence-corrected chi connectivity index (χ4v) is 4.90. The van der Waals surface area contributed by atoms with Gasteiger partial charge in [0.25, 0.3) is 0 Å². The molecule has 29 heavy (non-hydrogen) atoms. The highest BCUT2D eigenvalue weighted by molar-refractivity contribution is 8.01. The maximum Gasteiger partial charge on any atom is 0.238 e. The SMILES string of the molecule is COc1ccc(-n2nc(C)c3c2NC(=O)C(C)SC3c2ccccc2OC)cc1. The molecule has 3 aromatic rings. The van der Waals surface area contributed by atoms with E-state index in [1.807, 2.05) is 62.4 Å². The molecule has 2 aromatic carbocycles. The van der Waals surface area contributed by atoms with Crippen molar-refractivity contribution in [2.24, 2.45) is 0 Å². The quantitative estimate of drug-likeness (QED) is 0.694. The summed E-state index contributed by atoms with van der Waals surface area (Å²) in [6.07, 6.45) is 0. The maximum atomic E-state index is 12.8. The molecule has 2 atom stereocenters. The number of thioether (sulfide) groups is 1. The number of para-hydroxylation sites is 1. The Bertz CT molecular complexity index is 1050. The van der Waals surface area contributed by atoms with Gasteiger partial charge < -0.3 is 14.8 Å². The molecule has 0 saturated carbocycles. The molecule has 1 aromatic heterocycles. The number of anilines is 1. The zero-order valence-electron chi connectivity index (χ0n) is 16.8. The lowest BCUT2D eigenvalue weighted by Crippen LogP contribution is -2.22. The summed E-state index contributed by atoms with van der Waals surface area (Å²) in [5.41, 5.74) is 3.75. The number of methoxy groups -OCH3 is 2. The van der Waals surface area contributed by atoms with E-state index < -0.39 is 0 Å². The number of amides is 1. The van der Waals surface area contributed by atoms with Crippen LogP contribution in [-0.2, 0) is 4.79 Å². The van der Waals surface area contributed by atoms with Crippen LogP contribution in [0, 0.1) is 6.92 Å². The smallest absolute Gasteiger partial charge is 0.238 e. The molecule has 0 saturated heterocycles. The summed E-state index contributed by atoms with van der Waals surface area (Å²) in [4.78, 5) is 12.8. The number of rotatable bonds is 4. The first-order chi connectivity index (χ1) is 14.0. The highest BCUT2D eigenvalue weighted by Crippen LogP contribution is 2.48. The lowest BCUT2D eigenvalue weighted by atomic mass is 10.0. The number of nitrogens with zero attached hydrogens (tertiary/aromatic N) is 2. The van der Waals surface area contributed by atoms with Gasteiger partial charge in [0.05, 0.1) is 36.1 Å². The number of benzene rings is 2. The van der Waals surface area contributed by atoms with Crippen LogP contribution in [0.1, 0.15) is 29.0 Å². The molecule has 150 valence electrons. The lowest BCUT2D eigenvalue weighted by molar-refractivity contribution is -0.115. The average molecular weight is 410 g/mol. The molecule has 1 aliphatic heterocycles. The predicted octanol–water partition coefficient (Wildman–Crippen LogP) is 4.36. The van der Waals surface area contributed by atoms with Gasteiger partial charge in [-0.3, -0.25) is 4.79 Å². The van der Waals surface area contributed by atoms with Crippen LogP contribution < -0.4 is 14.8 Å². The molecular weight excluding hydrogens is 386 g/mol. The molecule has 0 fully saturated rings. The van der Waals surface area contributed by atoms with E-state index in [4.69, 9.17) is 14.6 Å². The van der Waals surface area contributed by atoms with Crippen molar-refractivity contribution in [1.29, 1.82) is 0 Å². The third-order valence-corrected chi connectivity index (χ3v) is 6.44. The largest absolute Gasteiger partial charge is 0.497 e. The topological polar surface area (TPSA) is 65.4 Å². The summed E-state index contributed by atoms with van der Waals surface area (Å²) in [6.45, 7) is 3.90. The van der Waals surface area contributed by atoms with Crippen molar-refractivity contribution in [3.63, 3.8) is 0 Å². The highest BCUT2D eigenvalue weighted by Gasteiger charge is 2.35. The van der Waals surface area contributed by atoms with Crippen LogP contribution >= 0.6 is 11.8 Å². The van der Waals surface area contributed by atoms with Gasteiger partial charge in [-0.1, -0.05) is 18.2 Å². The van der Waals surface area contributed by atoms with Gasteiger partial charge in [-0.25, -0.2) is 4.68 Å². The minimum atomic E-state index is -0.221. The molecule has 1 aliphatic rings. The summed E-state index contributed by atoms with van der Waals surface area (Å²) in [5.74, 6) is 2.23. The fourth-order valence-electron chi connectivity index (χ4n) is 3.55. The average Bonchev–Trinajstić information content (AvgIpc) is 3.00. The van der Waals surface area contributed by atoms with Gasteiger partial charge in [0.1, 0.15) is 17.3 Å². The van der Waals surface area contributed by atoms with Crippen molar-refractivity contribution in [2.75, 3.05) is 19.5 Å². The second-order valence-electron chi connectivity index (χ2n) is 6.85. The van der Waals surface area contributed by atoms with Gasteiger partial charge in [-0.15, -0.1) is 11.8 Å². The van der Waals surface area contributed by atoms with E-state index in [1.165, 1.54) is 0 Å².